The quantitative estimate of drug-likeness (QED) is 0.825. The number of benzene rings is 2. The molecule has 0 saturated carbocycles. The molecule has 2 aromatic carbocycles. The van der Waals surface area contributed by atoms with Gasteiger partial charge in [-0.25, -0.2) is 0 Å². The molecule has 140 valence electrons. The molecule has 0 radical (unpaired) electrons. The Labute approximate surface area is 158 Å². The Morgan fingerprint density at radius 3 is 2.74 bits per heavy atom. The lowest BCUT2D eigenvalue weighted by molar-refractivity contribution is -0.125. The number of nitrogens with one attached hydrogen (secondary N) is 2. The average Bonchev–Trinajstić information content (AvgIpc) is 2.65. The van der Waals surface area contributed by atoms with Gasteiger partial charge in [0.2, 0.25) is 17.7 Å². The van der Waals surface area contributed by atoms with E-state index in [1.807, 2.05) is 31.2 Å². The first-order valence-electron chi connectivity index (χ1n) is 9.04. The van der Waals surface area contributed by atoms with E-state index in [1.165, 1.54) is 16.0 Å². The van der Waals surface area contributed by atoms with Gasteiger partial charge < -0.3 is 15.5 Å². The summed E-state index contributed by atoms with van der Waals surface area (Å²) in [6.45, 7) is 2.54. The molecule has 0 aromatic heterocycles. The molecule has 0 unspecified atom stereocenters. The van der Waals surface area contributed by atoms with Gasteiger partial charge in [0.15, 0.2) is 0 Å². The Morgan fingerprint density at radius 2 is 1.93 bits per heavy atom. The van der Waals surface area contributed by atoms with E-state index in [2.05, 4.69) is 16.7 Å². The first-order valence-corrected chi connectivity index (χ1v) is 9.04. The predicted molar refractivity (Wildman–Crippen MR) is 105 cm³/mol. The van der Waals surface area contributed by atoms with Crippen LogP contribution in [0.25, 0.3) is 0 Å². The number of amides is 3. The monoisotopic (exact) mass is 365 g/mol. The zero-order valence-corrected chi connectivity index (χ0v) is 15.3. The number of fused-ring (bicyclic) bond motifs is 1. The van der Waals surface area contributed by atoms with Gasteiger partial charge in [0.25, 0.3) is 0 Å². The lowest BCUT2D eigenvalue weighted by Gasteiger charge is -2.29. The highest BCUT2D eigenvalue weighted by Crippen LogP contribution is 2.29. The lowest BCUT2D eigenvalue weighted by atomic mass is 10.1. The number of para-hydroxylation sites is 2. The minimum Gasteiger partial charge on any atom is -0.356 e. The van der Waals surface area contributed by atoms with E-state index >= 15 is 0 Å². The van der Waals surface area contributed by atoms with E-state index in [9.17, 15) is 14.4 Å². The highest BCUT2D eigenvalue weighted by Gasteiger charge is 2.26. The number of nitrogens with zero attached hydrogens (tertiary/aromatic N) is 1. The summed E-state index contributed by atoms with van der Waals surface area (Å²) in [6.07, 6.45) is 0.922. The van der Waals surface area contributed by atoms with Crippen LogP contribution in [0.3, 0.4) is 0 Å². The first-order chi connectivity index (χ1) is 13.0. The molecule has 0 spiro atoms. The van der Waals surface area contributed by atoms with Crippen LogP contribution in [0.15, 0.2) is 48.5 Å². The van der Waals surface area contributed by atoms with E-state index in [1.54, 1.807) is 18.2 Å². The number of anilines is 2. The summed E-state index contributed by atoms with van der Waals surface area (Å²) in [5, 5.41) is 5.59. The van der Waals surface area contributed by atoms with Crippen molar-refractivity contribution in [1.29, 1.82) is 0 Å². The van der Waals surface area contributed by atoms with E-state index in [4.69, 9.17) is 0 Å². The molecule has 27 heavy (non-hydrogen) atoms. The van der Waals surface area contributed by atoms with Crippen LogP contribution in [-0.4, -0.2) is 30.8 Å². The molecule has 6 heteroatoms. The number of aryl methyl sites for hydroxylation is 1. The maximum Gasteiger partial charge on any atom is 0.244 e. The molecule has 2 N–H and O–H groups in total. The van der Waals surface area contributed by atoms with Crippen molar-refractivity contribution in [2.45, 2.75) is 26.2 Å². The van der Waals surface area contributed by atoms with Crippen LogP contribution >= 0.6 is 0 Å². The number of hydrogen-bond acceptors (Lipinski definition) is 3. The van der Waals surface area contributed by atoms with Crippen LogP contribution in [0.5, 0.6) is 0 Å². The molecule has 1 heterocycles. The van der Waals surface area contributed by atoms with Gasteiger partial charge in [-0.1, -0.05) is 42.0 Å². The molecule has 0 saturated heterocycles. The van der Waals surface area contributed by atoms with Crippen LogP contribution < -0.4 is 15.5 Å². The Hall–Kier alpha value is -3.15. The smallest absolute Gasteiger partial charge is 0.244 e. The SMILES string of the molecule is Cc1cccc(CCNC(=O)CCC(=O)N2CC(=O)Nc3ccccc32)c1. The van der Waals surface area contributed by atoms with Crippen LogP contribution in [0.1, 0.15) is 24.0 Å². The summed E-state index contributed by atoms with van der Waals surface area (Å²) in [6, 6.07) is 15.3. The van der Waals surface area contributed by atoms with Gasteiger partial charge in [-0.15, -0.1) is 0 Å². The summed E-state index contributed by atoms with van der Waals surface area (Å²) < 4.78 is 0. The van der Waals surface area contributed by atoms with Gasteiger partial charge in [-0.3, -0.25) is 14.4 Å². The zero-order valence-electron chi connectivity index (χ0n) is 15.3. The largest absolute Gasteiger partial charge is 0.356 e. The number of carbonyl (C=O) groups excluding carboxylic acids is 3. The fourth-order valence-electron chi connectivity index (χ4n) is 3.11. The molecule has 0 atom stereocenters. The first kappa shape index (κ1) is 18.6. The molecule has 1 aliphatic rings. The maximum absolute atomic E-state index is 12.5. The standard InChI is InChI=1S/C21H23N3O3/c1-15-5-4-6-16(13-15)11-12-22-19(25)9-10-21(27)24-14-20(26)23-17-7-2-3-8-18(17)24/h2-8,13H,9-12,14H2,1H3,(H,22,25)(H,23,26). The average molecular weight is 365 g/mol. The third-order valence-electron chi connectivity index (χ3n) is 4.46. The summed E-state index contributed by atoms with van der Waals surface area (Å²) in [5.41, 5.74) is 3.64. The number of hydrogen-bond donors (Lipinski definition) is 2. The fourth-order valence-corrected chi connectivity index (χ4v) is 3.11. The molecule has 2 aromatic rings. The van der Waals surface area contributed by atoms with Gasteiger partial charge in [0.1, 0.15) is 6.54 Å². The number of rotatable bonds is 6. The van der Waals surface area contributed by atoms with E-state index in [-0.39, 0.29) is 37.1 Å². The maximum atomic E-state index is 12.5. The molecule has 1 aliphatic heterocycles. The lowest BCUT2D eigenvalue weighted by Crippen LogP contribution is -2.42. The Bertz CT molecular complexity index is 863. The third-order valence-corrected chi connectivity index (χ3v) is 4.46. The van der Waals surface area contributed by atoms with Gasteiger partial charge in [-0.2, -0.15) is 0 Å². The van der Waals surface area contributed by atoms with Gasteiger partial charge >= 0.3 is 0 Å². The van der Waals surface area contributed by atoms with Crippen LogP contribution in [0.4, 0.5) is 11.4 Å². The van der Waals surface area contributed by atoms with Crippen molar-refractivity contribution < 1.29 is 14.4 Å². The minimum absolute atomic E-state index is 0.0230. The summed E-state index contributed by atoms with van der Waals surface area (Å²) in [5.74, 6) is -0.624. The minimum atomic E-state index is -0.232. The topological polar surface area (TPSA) is 78.5 Å². The molecule has 0 bridgehead atoms. The summed E-state index contributed by atoms with van der Waals surface area (Å²) >= 11 is 0. The second-order valence-corrected chi connectivity index (χ2v) is 6.63. The van der Waals surface area contributed by atoms with Crippen molar-refractivity contribution in [2.24, 2.45) is 0 Å². The molecule has 6 nitrogen and oxygen atoms in total. The van der Waals surface area contributed by atoms with Crippen LogP contribution in [-0.2, 0) is 20.8 Å². The van der Waals surface area contributed by atoms with Gasteiger partial charge in [-0.05, 0) is 31.0 Å². The van der Waals surface area contributed by atoms with Crippen molar-refractivity contribution in [3.63, 3.8) is 0 Å². The van der Waals surface area contributed by atoms with Crippen molar-refractivity contribution >= 4 is 29.1 Å². The summed E-state index contributed by atoms with van der Waals surface area (Å²) in [7, 11) is 0. The van der Waals surface area contributed by atoms with Crippen LogP contribution in [0, 0.1) is 6.92 Å². The predicted octanol–water partition coefficient (Wildman–Crippen LogP) is 2.42. The molecular formula is C21H23N3O3. The third kappa shape index (κ3) is 4.94. The van der Waals surface area contributed by atoms with E-state index < -0.39 is 0 Å². The highest BCUT2D eigenvalue weighted by molar-refractivity contribution is 6.10. The van der Waals surface area contributed by atoms with Crippen molar-refractivity contribution in [3.8, 4) is 0 Å². The second kappa shape index (κ2) is 8.49. The Balaban J connectivity index is 1.47. The Morgan fingerprint density at radius 1 is 1.11 bits per heavy atom. The van der Waals surface area contributed by atoms with E-state index in [0.717, 1.165) is 6.42 Å². The summed E-state index contributed by atoms with van der Waals surface area (Å²) in [4.78, 5) is 37.8. The van der Waals surface area contributed by atoms with Crippen molar-refractivity contribution in [1.82, 2.24) is 5.32 Å². The van der Waals surface area contributed by atoms with Crippen LogP contribution in [0.2, 0.25) is 0 Å². The zero-order chi connectivity index (χ0) is 19.2. The fraction of sp³-hybridized carbons (Fsp3) is 0.286. The second-order valence-electron chi connectivity index (χ2n) is 6.63. The number of carbonyl (C=O) groups is 3. The van der Waals surface area contributed by atoms with Crippen molar-refractivity contribution in [2.75, 3.05) is 23.3 Å². The molecule has 3 rings (SSSR count). The molecule has 3 amide bonds. The molecule has 0 fully saturated rings. The van der Waals surface area contributed by atoms with Gasteiger partial charge in [0, 0.05) is 19.4 Å². The molecular weight excluding hydrogens is 342 g/mol. The van der Waals surface area contributed by atoms with E-state index in [0.29, 0.717) is 17.9 Å². The highest BCUT2D eigenvalue weighted by atomic mass is 16.2. The van der Waals surface area contributed by atoms with Gasteiger partial charge in [0.05, 0.1) is 11.4 Å². The normalized spacial score (nSPS) is 12.9. The molecule has 0 aliphatic carbocycles. The van der Waals surface area contributed by atoms with Crippen molar-refractivity contribution in [3.05, 3.63) is 59.7 Å². The Kier molecular flexibility index (Phi) is 5.86.